The van der Waals surface area contributed by atoms with Gasteiger partial charge < -0.3 is 5.11 Å². The third kappa shape index (κ3) is 2.34. The number of β-amino-alcohol motifs (C(OH)–C–C–N with tert-alkyl or cyclic N) is 1. The van der Waals surface area contributed by atoms with Gasteiger partial charge in [0, 0.05) is 25.4 Å². The van der Waals surface area contributed by atoms with Crippen molar-refractivity contribution in [3.63, 3.8) is 0 Å². The minimum absolute atomic E-state index is 0.302. The lowest BCUT2D eigenvalue weighted by molar-refractivity contribution is 0.164. The molecule has 15 heavy (non-hydrogen) atoms. The van der Waals surface area contributed by atoms with Crippen molar-refractivity contribution in [1.29, 1.82) is 0 Å². The number of aromatic amines is 1. The molecule has 2 heterocycles. The Kier molecular flexibility index (Phi) is 2.70. The number of H-pyrrole nitrogens is 1. The molecule has 1 fully saturated rings. The van der Waals surface area contributed by atoms with Crippen molar-refractivity contribution in [2.45, 2.75) is 19.2 Å². The zero-order valence-electron chi connectivity index (χ0n) is 8.22. The summed E-state index contributed by atoms with van der Waals surface area (Å²) >= 11 is 0. The molecular formula is C9H13N3O3. The summed E-state index contributed by atoms with van der Waals surface area (Å²) in [4.78, 5) is 26.3. The number of hydrogen-bond donors (Lipinski definition) is 2. The van der Waals surface area contributed by atoms with Gasteiger partial charge in [-0.1, -0.05) is 0 Å². The number of aromatic nitrogens is 2. The van der Waals surface area contributed by atoms with E-state index in [0.717, 1.165) is 13.0 Å². The predicted molar refractivity (Wildman–Crippen MR) is 53.5 cm³/mol. The van der Waals surface area contributed by atoms with Crippen molar-refractivity contribution in [2.75, 3.05) is 13.1 Å². The second-order valence-electron chi connectivity index (χ2n) is 3.74. The second kappa shape index (κ2) is 4.00. The molecule has 2 N–H and O–H groups in total. The van der Waals surface area contributed by atoms with E-state index in [0.29, 0.717) is 13.2 Å². The van der Waals surface area contributed by atoms with Crippen LogP contribution < -0.4 is 11.2 Å². The molecule has 1 aromatic rings. The minimum atomic E-state index is -0.413. The average Bonchev–Trinajstić information content (AvgIpc) is 2.56. The van der Waals surface area contributed by atoms with Crippen LogP contribution in [-0.2, 0) is 6.67 Å². The highest BCUT2D eigenvalue weighted by Crippen LogP contribution is 2.08. The molecule has 1 aliphatic heterocycles. The topological polar surface area (TPSA) is 78.3 Å². The van der Waals surface area contributed by atoms with E-state index < -0.39 is 11.2 Å². The Bertz CT molecular complexity index is 450. The molecule has 0 aromatic carbocycles. The van der Waals surface area contributed by atoms with Crippen LogP contribution in [0.5, 0.6) is 0 Å². The normalized spacial score (nSPS) is 22.1. The molecule has 0 saturated carbocycles. The second-order valence-corrected chi connectivity index (χ2v) is 3.74. The lowest BCUT2D eigenvalue weighted by Crippen LogP contribution is -2.35. The largest absolute Gasteiger partial charge is 0.392 e. The third-order valence-corrected chi connectivity index (χ3v) is 2.50. The van der Waals surface area contributed by atoms with Gasteiger partial charge in [-0.25, -0.2) is 4.79 Å². The molecule has 0 amide bonds. The molecule has 1 aromatic heterocycles. The van der Waals surface area contributed by atoms with E-state index >= 15 is 0 Å². The van der Waals surface area contributed by atoms with E-state index in [2.05, 4.69) is 4.98 Å². The lowest BCUT2D eigenvalue weighted by atomic mass is 10.3. The molecule has 1 unspecified atom stereocenters. The molecule has 0 bridgehead atoms. The molecule has 82 valence electrons. The molecule has 0 radical (unpaired) electrons. The Morgan fingerprint density at radius 3 is 2.93 bits per heavy atom. The average molecular weight is 211 g/mol. The van der Waals surface area contributed by atoms with E-state index in [9.17, 15) is 14.7 Å². The molecule has 0 aliphatic carbocycles. The molecule has 6 nitrogen and oxygen atoms in total. The first-order valence-corrected chi connectivity index (χ1v) is 4.85. The quantitative estimate of drug-likeness (QED) is 0.628. The van der Waals surface area contributed by atoms with Crippen LogP contribution in [0.4, 0.5) is 0 Å². The van der Waals surface area contributed by atoms with E-state index in [4.69, 9.17) is 0 Å². The van der Waals surface area contributed by atoms with Gasteiger partial charge in [-0.3, -0.25) is 19.2 Å². The van der Waals surface area contributed by atoms with Crippen molar-refractivity contribution in [3.8, 4) is 0 Å². The maximum absolute atomic E-state index is 11.3. The van der Waals surface area contributed by atoms with E-state index in [1.807, 2.05) is 4.90 Å². The highest BCUT2D eigenvalue weighted by Gasteiger charge is 2.20. The third-order valence-electron chi connectivity index (χ3n) is 2.50. The molecule has 6 heteroatoms. The first kappa shape index (κ1) is 10.1. The number of rotatable bonds is 2. The van der Waals surface area contributed by atoms with Crippen LogP contribution in [0.15, 0.2) is 21.9 Å². The summed E-state index contributed by atoms with van der Waals surface area (Å²) in [7, 11) is 0. The van der Waals surface area contributed by atoms with Gasteiger partial charge in [0.15, 0.2) is 0 Å². The van der Waals surface area contributed by atoms with Gasteiger partial charge in [0.2, 0.25) is 0 Å². The molecular weight excluding hydrogens is 198 g/mol. The van der Waals surface area contributed by atoms with Crippen LogP contribution in [0.3, 0.4) is 0 Å². The van der Waals surface area contributed by atoms with Gasteiger partial charge in [-0.05, 0) is 6.42 Å². The number of nitrogens with zero attached hydrogens (tertiary/aromatic N) is 2. The summed E-state index contributed by atoms with van der Waals surface area (Å²) in [6, 6.07) is 1.31. The minimum Gasteiger partial charge on any atom is -0.392 e. The summed E-state index contributed by atoms with van der Waals surface area (Å²) in [5.74, 6) is 0. The molecule has 0 spiro atoms. The molecule has 2 rings (SSSR count). The number of hydrogen-bond acceptors (Lipinski definition) is 4. The van der Waals surface area contributed by atoms with Crippen molar-refractivity contribution >= 4 is 0 Å². The van der Waals surface area contributed by atoms with Crippen LogP contribution in [0.1, 0.15) is 6.42 Å². The van der Waals surface area contributed by atoms with Crippen LogP contribution >= 0.6 is 0 Å². The smallest absolute Gasteiger partial charge is 0.329 e. The predicted octanol–water partition coefficient (Wildman–Crippen LogP) is -1.44. The van der Waals surface area contributed by atoms with Gasteiger partial charge >= 0.3 is 5.69 Å². The van der Waals surface area contributed by atoms with Crippen LogP contribution in [0, 0.1) is 0 Å². The van der Waals surface area contributed by atoms with Crippen molar-refractivity contribution in [2.24, 2.45) is 0 Å². The summed E-state index contributed by atoms with van der Waals surface area (Å²) in [6.07, 6.45) is 1.90. The Hall–Kier alpha value is -1.40. The highest BCUT2D eigenvalue weighted by molar-refractivity contribution is 4.83. The summed E-state index contributed by atoms with van der Waals surface area (Å²) in [6.45, 7) is 1.75. The zero-order chi connectivity index (χ0) is 10.8. The number of aliphatic hydroxyl groups is 1. The van der Waals surface area contributed by atoms with Gasteiger partial charge in [0.25, 0.3) is 5.56 Å². The lowest BCUT2D eigenvalue weighted by Gasteiger charge is -2.15. The van der Waals surface area contributed by atoms with Gasteiger partial charge in [-0.2, -0.15) is 0 Å². The van der Waals surface area contributed by atoms with E-state index in [1.54, 1.807) is 0 Å². The van der Waals surface area contributed by atoms with Crippen molar-refractivity contribution in [1.82, 2.24) is 14.5 Å². The molecule has 1 aliphatic rings. The van der Waals surface area contributed by atoms with E-state index in [1.165, 1.54) is 16.8 Å². The van der Waals surface area contributed by atoms with Crippen molar-refractivity contribution < 1.29 is 5.11 Å². The zero-order valence-corrected chi connectivity index (χ0v) is 8.22. The van der Waals surface area contributed by atoms with Crippen LogP contribution in [0.2, 0.25) is 0 Å². The summed E-state index contributed by atoms with van der Waals surface area (Å²) in [5.41, 5.74) is -0.804. The Labute approximate surface area is 85.8 Å². The first-order valence-electron chi connectivity index (χ1n) is 4.85. The summed E-state index contributed by atoms with van der Waals surface area (Å²) in [5, 5.41) is 9.30. The highest BCUT2D eigenvalue weighted by atomic mass is 16.3. The van der Waals surface area contributed by atoms with Crippen molar-refractivity contribution in [3.05, 3.63) is 33.1 Å². The fraction of sp³-hybridized carbons (Fsp3) is 0.556. The van der Waals surface area contributed by atoms with E-state index in [-0.39, 0.29) is 6.10 Å². The number of likely N-dealkylation sites (tertiary alicyclic amines) is 1. The van der Waals surface area contributed by atoms with Gasteiger partial charge in [0.05, 0.1) is 12.8 Å². The molecule has 1 saturated heterocycles. The standard InChI is InChI=1S/C9H13N3O3/c13-7-1-3-11(5-7)6-12-4-2-8(14)10-9(12)15/h2,4,7,13H,1,3,5-6H2,(H,10,14,15). The monoisotopic (exact) mass is 211 g/mol. The molecule has 1 atom stereocenters. The number of nitrogens with one attached hydrogen (secondary N) is 1. The van der Waals surface area contributed by atoms with Gasteiger partial charge in [-0.15, -0.1) is 0 Å². The number of aliphatic hydroxyl groups excluding tert-OH is 1. The van der Waals surface area contributed by atoms with Crippen LogP contribution in [-0.4, -0.2) is 38.8 Å². The van der Waals surface area contributed by atoms with Crippen LogP contribution in [0.25, 0.3) is 0 Å². The Balaban J connectivity index is 2.11. The summed E-state index contributed by atoms with van der Waals surface area (Å²) < 4.78 is 1.42. The maximum Gasteiger partial charge on any atom is 0.329 e. The Morgan fingerprint density at radius 1 is 1.53 bits per heavy atom. The first-order chi connectivity index (χ1) is 7.15. The fourth-order valence-corrected chi connectivity index (χ4v) is 1.71. The van der Waals surface area contributed by atoms with Gasteiger partial charge in [0.1, 0.15) is 0 Å². The Morgan fingerprint density at radius 2 is 2.33 bits per heavy atom. The SMILES string of the molecule is O=c1ccn(CN2CCC(O)C2)c(=O)[nH]1. The fourth-order valence-electron chi connectivity index (χ4n) is 1.71. The maximum atomic E-state index is 11.3.